The summed E-state index contributed by atoms with van der Waals surface area (Å²) in [7, 11) is 0. The van der Waals surface area contributed by atoms with Gasteiger partial charge >= 0.3 is 11.9 Å². The molecule has 26 heavy (non-hydrogen) atoms. The fourth-order valence-electron chi connectivity index (χ4n) is 1.93. The summed E-state index contributed by atoms with van der Waals surface area (Å²) in [6.07, 6.45) is 4.74. The van der Waals surface area contributed by atoms with Crippen molar-refractivity contribution in [1.29, 1.82) is 0 Å². The van der Waals surface area contributed by atoms with E-state index in [1.807, 2.05) is 18.3 Å². The molecule has 9 heteroatoms. The Labute approximate surface area is 151 Å². The monoisotopic (exact) mass is 361 g/mol. The molecule has 5 N–H and O–H groups in total. The van der Waals surface area contributed by atoms with Crippen LogP contribution in [0.4, 0.5) is 5.82 Å². The maximum absolute atomic E-state index is 10.2. The molecule has 0 bridgehead atoms. The van der Waals surface area contributed by atoms with E-state index in [4.69, 9.17) is 10.2 Å². The van der Waals surface area contributed by atoms with Crippen LogP contribution in [0.2, 0.25) is 0 Å². The van der Waals surface area contributed by atoms with Crippen molar-refractivity contribution in [3.05, 3.63) is 54.5 Å². The quantitative estimate of drug-likeness (QED) is 0.607. The number of hydrogen-bond donors (Lipinski definition) is 4. The first-order chi connectivity index (χ1) is 12.5. The summed E-state index contributed by atoms with van der Waals surface area (Å²) >= 11 is 0. The molecule has 1 aliphatic heterocycles. The van der Waals surface area contributed by atoms with Gasteiger partial charge in [-0.1, -0.05) is 6.07 Å². The van der Waals surface area contributed by atoms with Gasteiger partial charge in [-0.15, -0.1) is 0 Å². The van der Waals surface area contributed by atoms with Gasteiger partial charge in [0, 0.05) is 44.8 Å². The molecule has 3 heterocycles. The Morgan fingerprint density at radius 2 is 1.69 bits per heavy atom. The number of nitrogens with two attached hydrogens (primary N) is 1. The van der Waals surface area contributed by atoms with E-state index in [1.165, 1.54) is 24.5 Å². The third-order valence-corrected chi connectivity index (χ3v) is 3.19. The number of aliphatic carboxylic acids is 1. The number of piperazine rings is 1. The minimum Gasteiger partial charge on any atom is -0.480 e. The van der Waals surface area contributed by atoms with Crippen LogP contribution >= 0.6 is 0 Å². The zero-order chi connectivity index (χ0) is 19.2. The second-order valence-electron chi connectivity index (χ2n) is 5.06. The zero-order valence-electron chi connectivity index (χ0n) is 14.3. The van der Waals surface area contributed by atoms with Gasteiger partial charge in [-0.05, 0) is 24.3 Å². The Morgan fingerprint density at radius 1 is 1.08 bits per heavy atom. The van der Waals surface area contributed by atoms with Crippen LogP contribution in [0.5, 0.6) is 0 Å². The van der Waals surface area contributed by atoms with Gasteiger partial charge < -0.3 is 26.2 Å². The van der Waals surface area contributed by atoms with Crippen molar-refractivity contribution in [3.63, 3.8) is 0 Å². The average Bonchev–Trinajstić information content (AvgIpc) is 2.71. The van der Waals surface area contributed by atoms with E-state index in [-0.39, 0.29) is 12.1 Å². The van der Waals surface area contributed by atoms with Crippen LogP contribution in [0.15, 0.2) is 48.9 Å². The lowest BCUT2D eigenvalue weighted by Gasteiger charge is -2.28. The van der Waals surface area contributed by atoms with E-state index >= 15 is 0 Å². The Kier molecular flexibility index (Phi) is 9.97. The summed E-state index contributed by atoms with van der Waals surface area (Å²) in [5, 5.41) is 19.3. The minimum atomic E-state index is -0.968. The summed E-state index contributed by atoms with van der Waals surface area (Å²) in [6, 6.07) is 8.94. The second kappa shape index (κ2) is 12.3. The van der Waals surface area contributed by atoms with Crippen LogP contribution in [-0.2, 0) is 4.79 Å². The fourth-order valence-corrected chi connectivity index (χ4v) is 1.93. The molecule has 0 saturated carbocycles. The molecule has 2 aromatic rings. The molecule has 0 amide bonds. The SMILES string of the molecule is NCC(=O)O.O=C(O)c1ccncc1.c1ccc(N2CCNCC2)nc1. The molecular formula is C17H23N5O4. The number of pyridine rings is 2. The molecule has 0 spiro atoms. The van der Waals surface area contributed by atoms with Crippen molar-refractivity contribution < 1.29 is 19.8 Å². The van der Waals surface area contributed by atoms with E-state index in [2.05, 4.69) is 32.0 Å². The van der Waals surface area contributed by atoms with Crippen LogP contribution in [0.1, 0.15) is 10.4 Å². The molecule has 3 rings (SSSR count). The van der Waals surface area contributed by atoms with Crippen molar-refractivity contribution in [2.75, 3.05) is 37.6 Å². The highest BCUT2D eigenvalue weighted by atomic mass is 16.4. The largest absolute Gasteiger partial charge is 0.480 e. The van der Waals surface area contributed by atoms with Crippen molar-refractivity contribution in [1.82, 2.24) is 15.3 Å². The lowest BCUT2D eigenvalue weighted by atomic mass is 10.3. The van der Waals surface area contributed by atoms with Crippen LogP contribution in [0.25, 0.3) is 0 Å². The third-order valence-electron chi connectivity index (χ3n) is 3.19. The molecule has 1 saturated heterocycles. The van der Waals surface area contributed by atoms with Crippen molar-refractivity contribution in [3.8, 4) is 0 Å². The number of carboxylic acids is 2. The first-order valence-electron chi connectivity index (χ1n) is 7.96. The fraction of sp³-hybridized carbons (Fsp3) is 0.294. The predicted molar refractivity (Wildman–Crippen MR) is 97.2 cm³/mol. The lowest BCUT2D eigenvalue weighted by molar-refractivity contribution is -0.135. The molecule has 2 aromatic heterocycles. The smallest absolute Gasteiger partial charge is 0.335 e. The second-order valence-corrected chi connectivity index (χ2v) is 5.06. The first kappa shape index (κ1) is 21.0. The highest BCUT2D eigenvalue weighted by Gasteiger charge is 2.09. The van der Waals surface area contributed by atoms with E-state index in [0.29, 0.717) is 0 Å². The number of nitrogens with one attached hydrogen (secondary N) is 1. The molecule has 0 atom stereocenters. The molecule has 0 unspecified atom stereocenters. The summed E-state index contributed by atoms with van der Waals surface area (Å²) in [5.74, 6) is -0.790. The third kappa shape index (κ3) is 8.71. The number of carbonyl (C=O) groups is 2. The number of carboxylic acid groups (broad SMARTS) is 2. The van der Waals surface area contributed by atoms with E-state index in [1.54, 1.807) is 0 Å². The Bertz CT molecular complexity index is 649. The van der Waals surface area contributed by atoms with Gasteiger partial charge in [0.25, 0.3) is 0 Å². The van der Waals surface area contributed by atoms with Crippen molar-refractivity contribution >= 4 is 17.8 Å². The number of hydrogen-bond acceptors (Lipinski definition) is 7. The van der Waals surface area contributed by atoms with E-state index < -0.39 is 11.9 Å². The van der Waals surface area contributed by atoms with Gasteiger partial charge in [0.15, 0.2) is 0 Å². The van der Waals surface area contributed by atoms with Crippen molar-refractivity contribution in [2.24, 2.45) is 5.73 Å². The summed E-state index contributed by atoms with van der Waals surface area (Å²) < 4.78 is 0. The summed E-state index contributed by atoms with van der Waals surface area (Å²) in [6.45, 7) is 3.99. The lowest BCUT2D eigenvalue weighted by Crippen LogP contribution is -2.43. The summed E-state index contributed by atoms with van der Waals surface area (Å²) in [4.78, 5) is 29.7. The number of nitrogens with zero attached hydrogens (tertiary/aromatic N) is 3. The molecule has 1 fully saturated rings. The number of aromatic nitrogens is 2. The first-order valence-corrected chi connectivity index (χ1v) is 7.96. The molecule has 0 aliphatic carbocycles. The van der Waals surface area contributed by atoms with E-state index in [9.17, 15) is 9.59 Å². The van der Waals surface area contributed by atoms with Gasteiger partial charge in [0.2, 0.25) is 0 Å². The average molecular weight is 361 g/mol. The zero-order valence-corrected chi connectivity index (χ0v) is 14.3. The normalized spacial score (nSPS) is 12.7. The Morgan fingerprint density at radius 3 is 2.12 bits per heavy atom. The molecule has 0 radical (unpaired) electrons. The highest BCUT2D eigenvalue weighted by molar-refractivity contribution is 5.87. The van der Waals surface area contributed by atoms with Crippen molar-refractivity contribution in [2.45, 2.75) is 0 Å². The Hall–Kier alpha value is -3.04. The molecule has 9 nitrogen and oxygen atoms in total. The van der Waals surface area contributed by atoms with Crippen LogP contribution in [0, 0.1) is 0 Å². The van der Waals surface area contributed by atoms with Crippen LogP contribution < -0.4 is 16.0 Å². The van der Waals surface area contributed by atoms with Crippen LogP contribution in [0.3, 0.4) is 0 Å². The number of anilines is 1. The van der Waals surface area contributed by atoms with Gasteiger partial charge in [-0.25, -0.2) is 9.78 Å². The topological polar surface area (TPSA) is 142 Å². The van der Waals surface area contributed by atoms with E-state index in [0.717, 1.165) is 32.0 Å². The predicted octanol–water partition coefficient (Wildman–Crippen LogP) is 0.301. The molecule has 1 aliphatic rings. The van der Waals surface area contributed by atoms with Gasteiger partial charge in [0.1, 0.15) is 5.82 Å². The standard InChI is InChI=1S/C9H13N3.C6H5NO2.C2H5NO2/c1-2-4-11-9(3-1)12-7-5-10-6-8-12;8-6(9)5-1-3-7-4-2-5;3-1-2(4)5/h1-4,10H,5-8H2;1-4H,(H,8,9);1,3H2,(H,4,5). The minimum absolute atomic E-state index is 0.269. The molecule has 140 valence electrons. The highest BCUT2D eigenvalue weighted by Crippen LogP contribution is 2.08. The van der Waals surface area contributed by atoms with Crippen LogP contribution in [-0.4, -0.2) is 64.8 Å². The molecule has 0 aromatic carbocycles. The number of aromatic carboxylic acids is 1. The summed E-state index contributed by atoms with van der Waals surface area (Å²) in [5.41, 5.74) is 4.84. The van der Waals surface area contributed by atoms with Gasteiger partial charge in [-0.2, -0.15) is 0 Å². The van der Waals surface area contributed by atoms with Gasteiger partial charge in [0.05, 0.1) is 12.1 Å². The maximum atomic E-state index is 10.2. The van der Waals surface area contributed by atoms with Gasteiger partial charge in [-0.3, -0.25) is 9.78 Å². The number of rotatable bonds is 3. The molecular weight excluding hydrogens is 338 g/mol. The Balaban J connectivity index is 0.000000214. The maximum Gasteiger partial charge on any atom is 0.335 e.